The summed E-state index contributed by atoms with van der Waals surface area (Å²) in [6, 6.07) is 7.28. The van der Waals surface area contributed by atoms with E-state index in [1.54, 1.807) is 0 Å². The molecule has 5 nitrogen and oxygen atoms in total. The summed E-state index contributed by atoms with van der Waals surface area (Å²) in [7, 11) is 0. The van der Waals surface area contributed by atoms with Crippen LogP contribution in [0.25, 0.3) is 0 Å². The second-order valence-electron chi connectivity index (χ2n) is 5.52. The Bertz CT molecular complexity index is 830. The summed E-state index contributed by atoms with van der Waals surface area (Å²) in [6.45, 7) is 0. The third-order valence-electron chi connectivity index (χ3n) is 3.92. The number of amides is 2. The number of alkyl halides is 3. The number of urea groups is 1. The topological polar surface area (TPSA) is 74.0 Å². The first kappa shape index (κ1) is 16.1. The minimum Gasteiger partial charge on any atom is -0.331 e. The molecule has 1 atom stereocenters. The first-order valence-electron chi connectivity index (χ1n) is 7.30. The van der Waals surface area contributed by atoms with Gasteiger partial charge in [0, 0.05) is 6.20 Å². The smallest absolute Gasteiger partial charge is 0.331 e. The molecule has 3 rings (SSSR count). The number of aromatic amines is 1. The van der Waals surface area contributed by atoms with Crippen molar-refractivity contribution >= 4 is 11.7 Å². The Kier molecular flexibility index (Phi) is 4.04. The van der Waals surface area contributed by atoms with E-state index in [0.29, 0.717) is 18.7 Å². The second-order valence-corrected chi connectivity index (χ2v) is 5.52. The van der Waals surface area contributed by atoms with E-state index >= 15 is 0 Å². The zero-order chi connectivity index (χ0) is 17.3. The number of anilines is 1. The van der Waals surface area contributed by atoms with Gasteiger partial charge in [0.05, 0.1) is 11.6 Å². The van der Waals surface area contributed by atoms with E-state index < -0.39 is 29.0 Å². The minimum atomic E-state index is -4.61. The average molecular weight is 337 g/mol. The van der Waals surface area contributed by atoms with Crippen LogP contribution >= 0.6 is 0 Å². The number of aryl methyl sites for hydroxylation is 1. The maximum Gasteiger partial charge on any atom is 0.417 e. The molecule has 0 bridgehead atoms. The monoisotopic (exact) mass is 337 g/mol. The van der Waals surface area contributed by atoms with E-state index in [1.165, 1.54) is 0 Å². The van der Waals surface area contributed by atoms with Gasteiger partial charge in [-0.1, -0.05) is 24.3 Å². The summed E-state index contributed by atoms with van der Waals surface area (Å²) in [5, 5.41) is 4.87. The molecule has 2 amide bonds. The van der Waals surface area contributed by atoms with Gasteiger partial charge in [0.1, 0.15) is 5.69 Å². The van der Waals surface area contributed by atoms with Crippen LogP contribution in [0.15, 0.2) is 41.3 Å². The van der Waals surface area contributed by atoms with Crippen LogP contribution in [0.1, 0.15) is 29.2 Å². The minimum absolute atomic E-state index is 0.230. The standard InChI is InChI=1S/C16H14F3N3O2/c17-16(18,19)10-7-13(14(23)20-8-10)22-15(24)21-12-6-5-9-3-1-2-4-11(9)12/h1-4,7-8,12H,5-6H2,(H,20,23)(H2,21,22,24). The summed E-state index contributed by atoms with van der Waals surface area (Å²) in [5.41, 5.74) is -0.187. The molecule has 0 radical (unpaired) electrons. The third-order valence-corrected chi connectivity index (χ3v) is 3.92. The molecular formula is C16H14F3N3O2. The van der Waals surface area contributed by atoms with Crippen LogP contribution in [-0.4, -0.2) is 11.0 Å². The maximum absolute atomic E-state index is 12.7. The number of hydrogen-bond donors (Lipinski definition) is 3. The molecule has 0 saturated heterocycles. The molecule has 3 N–H and O–H groups in total. The van der Waals surface area contributed by atoms with Crippen LogP contribution in [0.3, 0.4) is 0 Å². The number of carbonyl (C=O) groups is 1. The summed E-state index contributed by atoms with van der Waals surface area (Å²) >= 11 is 0. The number of fused-ring (bicyclic) bond motifs is 1. The lowest BCUT2D eigenvalue weighted by molar-refractivity contribution is -0.137. The van der Waals surface area contributed by atoms with Crippen molar-refractivity contribution in [2.24, 2.45) is 0 Å². The molecule has 8 heteroatoms. The lowest BCUT2D eigenvalue weighted by Crippen LogP contribution is -2.33. The number of hydrogen-bond acceptors (Lipinski definition) is 2. The molecule has 0 aliphatic heterocycles. The molecule has 126 valence electrons. The summed E-state index contributed by atoms with van der Waals surface area (Å²) in [6.07, 6.45) is -2.53. The van der Waals surface area contributed by atoms with Gasteiger partial charge >= 0.3 is 12.2 Å². The summed E-state index contributed by atoms with van der Waals surface area (Å²) in [5.74, 6) is 0. The lowest BCUT2D eigenvalue weighted by Gasteiger charge is -2.15. The molecule has 1 heterocycles. The first-order chi connectivity index (χ1) is 11.3. The predicted octanol–water partition coefficient (Wildman–Crippen LogP) is 3.20. The van der Waals surface area contributed by atoms with Gasteiger partial charge in [0.25, 0.3) is 5.56 Å². The van der Waals surface area contributed by atoms with Crippen molar-refractivity contribution in [3.05, 3.63) is 63.6 Å². The number of aromatic nitrogens is 1. The van der Waals surface area contributed by atoms with Crippen molar-refractivity contribution in [1.82, 2.24) is 10.3 Å². The molecule has 0 saturated carbocycles. The molecule has 24 heavy (non-hydrogen) atoms. The molecule has 1 aromatic carbocycles. The SMILES string of the molecule is O=C(Nc1cc(C(F)(F)F)c[nH]c1=O)NC1CCc2ccccc21. The number of benzene rings is 1. The zero-order valence-corrected chi connectivity index (χ0v) is 12.4. The van der Waals surface area contributed by atoms with Crippen molar-refractivity contribution in [3.8, 4) is 0 Å². The Morgan fingerprint density at radius 1 is 1.25 bits per heavy atom. The number of halogens is 3. The van der Waals surface area contributed by atoms with Crippen LogP contribution in [0.2, 0.25) is 0 Å². The molecule has 1 unspecified atom stereocenters. The summed E-state index contributed by atoms with van der Waals surface area (Å²) < 4.78 is 38.0. The second kappa shape index (κ2) is 6.03. The van der Waals surface area contributed by atoms with Crippen molar-refractivity contribution in [2.75, 3.05) is 5.32 Å². The van der Waals surface area contributed by atoms with Crippen LogP contribution < -0.4 is 16.2 Å². The van der Waals surface area contributed by atoms with Crippen molar-refractivity contribution in [1.29, 1.82) is 0 Å². The first-order valence-corrected chi connectivity index (χ1v) is 7.30. The Labute approximate surface area is 134 Å². The zero-order valence-electron chi connectivity index (χ0n) is 12.4. The number of nitrogens with one attached hydrogen (secondary N) is 3. The number of rotatable bonds is 2. The Morgan fingerprint density at radius 3 is 2.75 bits per heavy atom. The van der Waals surface area contributed by atoms with Crippen LogP contribution in [-0.2, 0) is 12.6 Å². The molecule has 1 aromatic heterocycles. The van der Waals surface area contributed by atoms with E-state index in [-0.39, 0.29) is 6.04 Å². The Morgan fingerprint density at radius 2 is 2.00 bits per heavy atom. The van der Waals surface area contributed by atoms with Crippen LogP contribution in [0.4, 0.5) is 23.7 Å². The number of carbonyl (C=O) groups excluding carboxylic acids is 1. The van der Waals surface area contributed by atoms with Crippen LogP contribution in [0, 0.1) is 0 Å². The number of H-pyrrole nitrogens is 1. The predicted molar refractivity (Wildman–Crippen MR) is 81.7 cm³/mol. The average Bonchev–Trinajstić information content (AvgIpc) is 2.91. The fraction of sp³-hybridized carbons (Fsp3) is 0.250. The fourth-order valence-corrected chi connectivity index (χ4v) is 2.76. The Balaban J connectivity index is 1.73. The van der Waals surface area contributed by atoms with Gasteiger partial charge in [-0.15, -0.1) is 0 Å². The highest BCUT2D eigenvalue weighted by atomic mass is 19.4. The van der Waals surface area contributed by atoms with Gasteiger partial charge in [0.15, 0.2) is 0 Å². The van der Waals surface area contributed by atoms with Gasteiger partial charge in [0.2, 0.25) is 0 Å². The molecule has 0 spiro atoms. The van der Waals surface area contributed by atoms with Gasteiger partial charge < -0.3 is 15.6 Å². The molecular weight excluding hydrogens is 323 g/mol. The molecule has 1 aliphatic rings. The van der Waals surface area contributed by atoms with Crippen molar-refractivity contribution in [2.45, 2.75) is 25.1 Å². The van der Waals surface area contributed by atoms with Crippen molar-refractivity contribution in [3.63, 3.8) is 0 Å². The van der Waals surface area contributed by atoms with Crippen molar-refractivity contribution < 1.29 is 18.0 Å². The van der Waals surface area contributed by atoms with E-state index in [4.69, 9.17) is 0 Å². The normalized spacial score (nSPS) is 16.5. The lowest BCUT2D eigenvalue weighted by atomic mass is 10.1. The highest BCUT2D eigenvalue weighted by molar-refractivity contribution is 5.89. The molecule has 1 aliphatic carbocycles. The van der Waals surface area contributed by atoms with E-state index in [1.807, 2.05) is 29.2 Å². The largest absolute Gasteiger partial charge is 0.417 e. The summed E-state index contributed by atoms with van der Waals surface area (Å²) in [4.78, 5) is 25.6. The quantitative estimate of drug-likeness (QED) is 0.787. The van der Waals surface area contributed by atoms with Gasteiger partial charge in [-0.3, -0.25) is 4.79 Å². The number of pyridine rings is 1. The third kappa shape index (κ3) is 3.27. The van der Waals surface area contributed by atoms with Crippen LogP contribution in [0.5, 0.6) is 0 Å². The highest BCUT2D eigenvalue weighted by Gasteiger charge is 2.31. The highest BCUT2D eigenvalue weighted by Crippen LogP contribution is 2.31. The van der Waals surface area contributed by atoms with E-state index in [2.05, 4.69) is 10.6 Å². The molecule has 0 fully saturated rings. The van der Waals surface area contributed by atoms with Gasteiger partial charge in [-0.2, -0.15) is 13.2 Å². The van der Waals surface area contributed by atoms with E-state index in [9.17, 15) is 22.8 Å². The van der Waals surface area contributed by atoms with E-state index in [0.717, 1.165) is 17.5 Å². The van der Waals surface area contributed by atoms with Gasteiger partial charge in [-0.25, -0.2) is 4.79 Å². The van der Waals surface area contributed by atoms with Gasteiger partial charge in [-0.05, 0) is 30.0 Å². The molecule has 2 aromatic rings. The Hall–Kier alpha value is -2.77. The maximum atomic E-state index is 12.7. The fourth-order valence-electron chi connectivity index (χ4n) is 2.76.